The number of halogens is 1. The second-order valence-electron chi connectivity index (χ2n) is 4.60. The minimum Gasteiger partial charge on any atom is -0.362 e. The highest BCUT2D eigenvalue weighted by atomic mass is 35.5. The van der Waals surface area contributed by atoms with Gasteiger partial charge < -0.3 is 15.5 Å². The van der Waals surface area contributed by atoms with Gasteiger partial charge in [-0.05, 0) is 32.0 Å². The first-order valence-corrected chi connectivity index (χ1v) is 7.45. The summed E-state index contributed by atoms with van der Waals surface area (Å²) in [5, 5.41) is 6.76. The van der Waals surface area contributed by atoms with Gasteiger partial charge in [0.05, 0.1) is 6.54 Å². The Kier molecular flexibility index (Phi) is 7.41. The number of carbonyl (C=O) groups is 1. The van der Waals surface area contributed by atoms with Crippen molar-refractivity contribution in [3.8, 4) is 0 Å². The molecule has 0 radical (unpaired) electrons. The van der Waals surface area contributed by atoms with E-state index in [4.69, 9.17) is 11.6 Å². The van der Waals surface area contributed by atoms with Crippen molar-refractivity contribution in [1.29, 1.82) is 0 Å². The fraction of sp³-hybridized carbons (Fsp3) is 0.533. The first-order valence-electron chi connectivity index (χ1n) is 7.07. The Morgan fingerprint density at radius 2 is 2.10 bits per heavy atom. The molecule has 1 aromatic rings. The van der Waals surface area contributed by atoms with E-state index >= 15 is 0 Å². The van der Waals surface area contributed by atoms with Gasteiger partial charge in [0.1, 0.15) is 0 Å². The van der Waals surface area contributed by atoms with Gasteiger partial charge >= 0.3 is 0 Å². The highest BCUT2D eigenvalue weighted by Gasteiger charge is 2.14. The summed E-state index contributed by atoms with van der Waals surface area (Å²) in [7, 11) is 1.65. The van der Waals surface area contributed by atoms with Crippen LogP contribution in [0.5, 0.6) is 0 Å². The molecule has 0 unspecified atom stereocenters. The number of benzene rings is 1. The molecule has 0 atom stereocenters. The fourth-order valence-corrected chi connectivity index (χ4v) is 2.26. The summed E-state index contributed by atoms with van der Waals surface area (Å²) in [4.78, 5) is 13.6. The van der Waals surface area contributed by atoms with Gasteiger partial charge in [0.2, 0.25) is 5.91 Å². The van der Waals surface area contributed by atoms with E-state index in [1.807, 2.05) is 30.0 Å². The smallest absolute Gasteiger partial charge is 0.239 e. The van der Waals surface area contributed by atoms with Crippen molar-refractivity contribution < 1.29 is 4.79 Å². The lowest BCUT2D eigenvalue weighted by Crippen LogP contribution is -2.36. The molecule has 0 aromatic heterocycles. The van der Waals surface area contributed by atoms with E-state index in [-0.39, 0.29) is 5.91 Å². The van der Waals surface area contributed by atoms with Gasteiger partial charge in [-0.3, -0.25) is 4.79 Å². The Hall–Kier alpha value is -1.26. The van der Waals surface area contributed by atoms with Crippen LogP contribution in [-0.2, 0) is 11.3 Å². The summed E-state index contributed by atoms with van der Waals surface area (Å²) in [6.45, 7) is 6.93. The lowest BCUT2D eigenvalue weighted by Gasteiger charge is -2.25. The van der Waals surface area contributed by atoms with Crippen LogP contribution in [0.3, 0.4) is 0 Å². The Morgan fingerprint density at radius 3 is 2.70 bits per heavy atom. The number of hydrogen-bond acceptors (Lipinski definition) is 3. The Morgan fingerprint density at radius 1 is 1.35 bits per heavy atom. The molecule has 1 aromatic carbocycles. The molecule has 20 heavy (non-hydrogen) atoms. The molecule has 0 spiro atoms. The standard InChI is InChI=1S/C15H24ClN3O/c1-4-9-18-10-12-13(16)7-6-8-14(12)19(5-2)11-15(20)17-3/h6-8,18H,4-5,9-11H2,1-3H3,(H,17,20). The Balaban J connectivity index is 2.95. The first kappa shape index (κ1) is 16.8. The Bertz CT molecular complexity index is 437. The highest BCUT2D eigenvalue weighted by molar-refractivity contribution is 6.31. The quantitative estimate of drug-likeness (QED) is 0.724. The number of hydrogen-bond donors (Lipinski definition) is 2. The summed E-state index contributed by atoms with van der Waals surface area (Å²) in [5.41, 5.74) is 2.07. The van der Waals surface area contributed by atoms with Crippen molar-refractivity contribution >= 4 is 23.2 Å². The van der Waals surface area contributed by atoms with Crippen LogP contribution in [0.1, 0.15) is 25.8 Å². The number of nitrogens with one attached hydrogen (secondary N) is 2. The normalized spacial score (nSPS) is 10.4. The van der Waals surface area contributed by atoms with E-state index in [0.717, 1.165) is 35.8 Å². The molecular formula is C15H24ClN3O. The monoisotopic (exact) mass is 297 g/mol. The van der Waals surface area contributed by atoms with Crippen LogP contribution >= 0.6 is 11.6 Å². The predicted octanol–water partition coefficient (Wildman–Crippen LogP) is 2.41. The second-order valence-corrected chi connectivity index (χ2v) is 5.01. The SMILES string of the molecule is CCCNCc1c(Cl)cccc1N(CC)CC(=O)NC. The number of carbonyl (C=O) groups excluding carboxylic acids is 1. The van der Waals surface area contributed by atoms with Crippen LogP contribution < -0.4 is 15.5 Å². The van der Waals surface area contributed by atoms with Crippen LogP contribution in [-0.4, -0.2) is 32.6 Å². The van der Waals surface area contributed by atoms with Crippen molar-refractivity contribution in [2.24, 2.45) is 0 Å². The van der Waals surface area contributed by atoms with Crippen molar-refractivity contribution in [1.82, 2.24) is 10.6 Å². The van der Waals surface area contributed by atoms with Gasteiger partial charge in [-0.2, -0.15) is 0 Å². The lowest BCUT2D eigenvalue weighted by atomic mass is 10.1. The molecule has 5 heteroatoms. The topological polar surface area (TPSA) is 44.4 Å². The van der Waals surface area contributed by atoms with Gasteiger partial charge in [0.25, 0.3) is 0 Å². The Labute approximate surface area is 126 Å². The van der Waals surface area contributed by atoms with Crippen LogP contribution in [0.4, 0.5) is 5.69 Å². The highest BCUT2D eigenvalue weighted by Crippen LogP contribution is 2.27. The van der Waals surface area contributed by atoms with Gasteiger partial charge in [0.15, 0.2) is 0 Å². The third-order valence-corrected chi connectivity index (χ3v) is 3.51. The van der Waals surface area contributed by atoms with E-state index in [9.17, 15) is 4.79 Å². The summed E-state index contributed by atoms with van der Waals surface area (Å²) in [5.74, 6) is -0.000655. The van der Waals surface area contributed by atoms with Crippen molar-refractivity contribution in [2.45, 2.75) is 26.8 Å². The number of rotatable bonds is 8. The minimum atomic E-state index is -0.000655. The van der Waals surface area contributed by atoms with Gasteiger partial charge in [0, 0.05) is 36.4 Å². The molecule has 0 bridgehead atoms. The maximum atomic E-state index is 11.6. The molecule has 0 aliphatic heterocycles. The molecule has 1 amide bonds. The molecule has 0 aliphatic rings. The average molecular weight is 298 g/mol. The zero-order chi connectivity index (χ0) is 15.0. The lowest BCUT2D eigenvalue weighted by molar-refractivity contribution is -0.119. The molecule has 4 nitrogen and oxygen atoms in total. The number of amides is 1. The molecule has 0 heterocycles. The predicted molar refractivity (Wildman–Crippen MR) is 85.4 cm³/mol. The van der Waals surface area contributed by atoms with Gasteiger partial charge in [-0.1, -0.05) is 24.6 Å². The summed E-state index contributed by atoms with van der Waals surface area (Å²) < 4.78 is 0. The molecular weight excluding hydrogens is 274 g/mol. The van der Waals surface area contributed by atoms with Gasteiger partial charge in [-0.25, -0.2) is 0 Å². The average Bonchev–Trinajstić information content (AvgIpc) is 2.46. The molecule has 112 valence electrons. The zero-order valence-corrected chi connectivity index (χ0v) is 13.3. The summed E-state index contributed by atoms with van der Waals surface area (Å²) >= 11 is 6.31. The van der Waals surface area contributed by atoms with Crippen molar-refractivity contribution in [3.63, 3.8) is 0 Å². The molecule has 1 rings (SSSR count). The van der Waals surface area contributed by atoms with E-state index in [1.54, 1.807) is 7.05 Å². The van der Waals surface area contributed by atoms with Crippen LogP contribution in [0.25, 0.3) is 0 Å². The van der Waals surface area contributed by atoms with E-state index in [2.05, 4.69) is 17.6 Å². The minimum absolute atomic E-state index is 0.000655. The molecule has 0 saturated carbocycles. The molecule has 0 saturated heterocycles. The number of anilines is 1. The zero-order valence-electron chi connectivity index (χ0n) is 12.5. The summed E-state index contributed by atoms with van der Waals surface area (Å²) in [6.07, 6.45) is 1.08. The molecule has 0 fully saturated rings. The van der Waals surface area contributed by atoms with Crippen molar-refractivity contribution in [3.05, 3.63) is 28.8 Å². The number of likely N-dealkylation sites (N-methyl/N-ethyl adjacent to an activating group) is 2. The van der Waals surface area contributed by atoms with Crippen molar-refractivity contribution in [2.75, 3.05) is 31.6 Å². The van der Waals surface area contributed by atoms with Crippen LogP contribution in [0, 0.1) is 0 Å². The third kappa shape index (κ3) is 4.69. The van der Waals surface area contributed by atoms with E-state index in [0.29, 0.717) is 13.1 Å². The first-order chi connectivity index (χ1) is 9.63. The fourth-order valence-electron chi connectivity index (χ4n) is 2.03. The van der Waals surface area contributed by atoms with Crippen LogP contribution in [0.2, 0.25) is 5.02 Å². The molecule has 0 aliphatic carbocycles. The van der Waals surface area contributed by atoms with Crippen LogP contribution in [0.15, 0.2) is 18.2 Å². The van der Waals surface area contributed by atoms with Gasteiger partial charge in [-0.15, -0.1) is 0 Å². The largest absolute Gasteiger partial charge is 0.362 e. The number of nitrogens with zero attached hydrogens (tertiary/aromatic N) is 1. The second kappa shape index (κ2) is 8.82. The third-order valence-electron chi connectivity index (χ3n) is 3.16. The molecule has 2 N–H and O–H groups in total. The summed E-state index contributed by atoms with van der Waals surface area (Å²) in [6, 6.07) is 5.83. The maximum Gasteiger partial charge on any atom is 0.239 e. The maximum absolute atomic E-state index is 11.6. The van der Waals surface area contributed by atoms with E-state index < -0.39 is 0 Å². The van der Waals surface area contributed by atoms with E-state index in [1.165, 1.54) is 0 Å².